The highest BCUT2D eigenvalue weighted by molar-refractivity contribution is 4.81. The molecule has 0 N–H and O–H groups in total. The number of rotatable bonds is 0. The van der Waals surface area contributed by atoms with E-state index in [9.17, 15) is 0 Å². The predicted octanol–water partition coefficient (Wildman–Crippen LogP) is 1.44. The lowest BCUT2D eigenvalue weighted by atomic mass is 10.1. The summed E-state index contributed by atoms with van der Waals surface area (Å²) in [5, 5.41) is 0. The Balaban J connectivity index is 2.90. The average molecular weight is 123 g/mol. The molecule has 0 bridgehead atoms. The molecule has 49 valence electrons. The van der Waals surface area contributed by atoms with E-state index in [1.54, 1.807) is 6.33 Å². The Morgan fingerprint density at radius 3 is 2.33 bits per heavy atom. The highest BCUT2D eigenvalue weighted by Gasteiger charge is 2.09. The Labute approximate surface area is 55.5 Å². The highest BCUT2D eigenvalue weighted by Crippen LogP contribution is 2.10. The van der Waals surface area contributed by atoms with Crippen LogP contribution in [-0.2, 0) is 5.54 Å². The van der Waals surface area contributed by atoms with Gasteiger partial charge in [-0.25, -0.2) is 4.98 Å². The zero-order valence-electron chi connectivity index (χ0n) is 6.05. The molecule has 2 nitrogen and oxygen atoms in total. The van der Waals surface area contributed by atoms with Crippen LogP contribution in [0.15, 0.2) is 12.5 Å². The Morgan fingerprint density at radius 1 is 1.44 bits per heavy atom. The molecule has 0 atom stereocenters. The Hall–Kier alpha value is -0.790. The van der Waals surface area contributed by atoms with Crippen LogP contribution in [0.1, 0.15) is 20.8 Å². The van der Waals surface area contributed by atoms with Gasteiger partial charge in [0, 0.05) is 11.7 Å². The topological polar surface area (TPSA) is 17.8 Å². The van der Waals surface area contributed by atoms with Gasteiger partial charge in [0.2, 0.25) is 0 Å². The summed E-state index contributed by atoms with van der Waals surface area (Å²) in [4.78, 5) is 3.83. The van der Waals surface area contributed by atoms with Gasteiger partial charge in [0.15, 0.2) is 0 Å². The third-order valence-electron chi connectivity index (χ3n) is 1.23. The number of hydrogen-bond acceptors (Lipinski definition) is 1. The smallest absolute Gasteiger partial charge is 0.108 e. The van der Waals surface area contributed by atoms with Gasteiger partial charge in [-0.1, -0.05) is 0 Å². The van der Waals surface area contributed by atoms with Gasteiger partial charge >= 0.3 is 0 Å². The minimum Gasteiger partial charge on any atom is -0.331 e. The van der Waals surface area contributed by atoms with E-state index in [1.807, 2.05) is 10.8 Å². The van der Waals surface area contributed by atoms with Crippen molar-refractivity contribution in [2.24, 2.45) is 0 Å². The van der Waals surface area contributed by atoms with E-state index in [0.717, 1.165) is 0 Å². The monoisotopic (exact) mass is 123 g/mol. The summed E-state index contributed by atoms with van der Waals surface area (Å²) in [5.41, 5.74) is 0.146. The number of hydrogen-bond donors (Lipinski definition) is 0. The van der Waals surface area contributed by atoms with E-state index >= 15 is 0 Å². The molecule has 0 aliphatic rings. The molecule has 1 aromatic rings. The lowest BCUT2D eigenvalue weighted by molar-refractivity contribution is 0.396. The molecule has 9 heavy (non-hydrogen) atoms. The fourth-order valence-corrected chi connectivity index (χ4v) is 0.591. The van der Waals surface area contributed by atoms with Gasteiger partial charge in [0.1, 0.15) is 6.20 Å². The van der Waals surface area contributed by atoms with E-state index in [4.69, 9.17) is 0 Å². The van der Waals surface area contributed by atoms with Gasteiger partial charge in [-0.2, -0.15) is 0 Å². The van der Waals surface area contributed by atoms with E-state index < -0.39 is 0 Å². The Kier molecular flexibility index (Phi) is 1.31. The molecule has 0 saturated heterocycles. The van der Waals surface area contributed by atoms with Gasteiger partial charge in [-0.05, 0) is 20.8 Å². The van der Waals surface area contributed by atoms with Crippen molar-refractivity contribution < 1.29 is 0 Å². The molecule has 1 aromatic heterocycles. The number of aromatic nitrogens is 2. The highest BCUT2D eigenvalue weighted by atomic mass is 15.1. The maximum Gasteiger partial charge on any atom is 0.108 e. The summed E-state index contributed by atoms with van der Waals surface area (Å²) in [7, 11) is 0. The van der Waals surface area contributed by atoms with E-state index in [1.165, 1.54) is 0 Å². The SMILES string of the molecule is CC(C)(C)n1c[c]nc1. The summed E-state index contributed by atoms with van der Waals surface area (Å²) in [6.07, 6.45) is 6.37. The molecule has 2 heteroatoms. The van der Waals surface area contributed by atoms with Crippen molar-refractivity contribution >= 4 is 0 Å². The molecule has 0 saturated carbocycles. The number of imidazole rings is 1. The van der Waals surface area contributed by atoms with E-state index in [2.05, 4.69) is 32.0 Å². The van der Waals surface area contributed by atoms with Crippen molar-refractivity contribution in [2.75, 3.05) is 0 Å². The van der Waals surface area contributed by atoms with Crippen LogP contribution in [0.2, 0.25) is 0 Å². The van der Waals surface area contributed by atoms with Gasteiger partial charge in [-0.15, -0.1) is 0 Å². The second-order valence-corrected chi connectivity index (χ2v) is 3.08. The second-order valence-electron chi connectivity index (χ2n) is 3.08. The first-order chi connectivity index (χ1) is 4.11. The Bertz CT molecular complexity index is 169. The van der Waals surface area contributed by atoms with Crippen molar-refractivity contribution in [1.29, 1.82) is 0 Å². The summed E-state index contributed by atoms with van der Waals surface area (Å²) in [6, 6.07) is 0. The summed E-state index contributed by atoms with van der Waals surface area (Å²) in [6.45, 7) is 6.38. The molecule has 0 unspecified atom stereocenters. The van der Waals surface area contributed by atoms with Crippen molar-refractivity contribution in [1.82, 2.24) is 9.55 Å². The molecular formula is C7H11N2. The van der Waals surface area contributed by atoms with Crippen molar-refractivity contribution in [3.63, 3.8) is 0 Å². The lowest BCUT2D eigenvalue weighted by Gasteiger charge is -2.19. The molecule has 1 heterocycles. The molecule has 1 radical (unpaired) electrons. The Morgan fingerprint density at radius 2 is 2.11 bits per heavy atom. The molecule has 0 aliphatic carbocycles. The summed E-state index contributed by atoms with van der Waals surface area (Å²) < 4.78 is 2.02. The maximum atomic E-state index is 3.83. The average Bonchev–Trinajstić information content (AvgIpc) is 2.08. The second kappa shape index (κ2) is 1.87. The fraction of sp³-hybridized carbons (Fsp3) is 0.571. The molecule has 1 rings (SSSR count). The first-order valence-corrected chi connectivity index (χ1v) is 3.01. The lowest BCUT2D eigenvalue weighted by Crippen LogP contribution is -2.19. The summed E-state index contributed by atoms with van der Waals surface area (Å²) >= 11 is 0. The van der Waals surface area contributed by atoms with Gasteiger partial charge in [0.05, 0.1) is 6.33 Å². The molecule has 0 aromatic carbocycles. The summed E-state index contributed by atoms with van der Waals surface area (Å²) in [5.74, 6) is 0. The normalized spacial score (nSPS) is 11.9. The van der Waals surface area contributed by atoms with Crippen LogP contribution < -0.4 is 0 Å². The maximum absolute atomic E-state index is 3.83. The minimum absolute atomic E-state index is 0.146. The van der Waals surface area contributed by atoms with E-state index in [0.29, 0.717) is 0 Å². The van der Waals surface area contributed by atoms with Crippen molar-refractivity contribution in [3.8, 4) is 0 Å². The quantitative estimate of drug-likeness (QED) is 0.510. The molecule has 0 amide bonds. The third kappa shape index (κ3) is 1.31. The van der Waals surface area contributed by atoms with Crippen LogP contribution in [0.3, 0.4) is 0 Å². The zero-order chi connectivity index (χ0) is 6.91. The molecule has 0 aliphatic heterocycles. The molecule has 0 fully saturated rings. The predicted molar refractivity (Wildman–Crippen MR) is 36.1 cm³/mol. The van der Waals surface area contributed by atoms with Crippen molar-refractivity contribution in [3.05, 3.63) is 18.7 Å². The van der Waals surface area contributed by atoms with E-state index in [-0.39, 0.29) is 5.54 Å². The van der Waals surface area contributed by atoms with Crippen molar-refractivity contribution in [2.45, 2.75) is 26.3 Å². The van der Waals surface area contributed by atoms with Gasteiger partial charge in [-0.3, -0.25) is 0 Å². The van der Waals surface area contributed by atoms with Crippen LogP contribution >= 0.6 is 0 Å². The van der Waals surface area contributed by atoms with Crippen LogP contribution in [-0.4, -0.2) is 9.55 Å². The standard InChI is InChI=1S/C7H11N2/c1-7(2,3)9-5-4-8-6-9/h5-6H,1-3H3. The van der Waals surface area contributed by atoms with Crippen LogP contribution in [0.4, 0.5) is 0 Å². The van der Waals surface area contributed by atoms with Crippen LogP contribution in [0.25, 0.3) is 0 Å². The first kappa shape index (κ1) is 6.33. The number of nitrogens with zero attached hydrogens (tertiary/aromatic N) is 2. The first-order valence-electron chi connectivity index (χ1n) is 3.01. The molecule has 0 spiro atoms. The van der Waals surface area contributed by atoms with Crippen LogP contribution in [0, 0.1) is 6.20 Å². The largest absolute Gasteiger partial charge is 0.331 e. The third-order valence-corrected chi connectivity index (χ3v) is 1.23. The van der Waals surface area contributed by atoms with Gasteiger partial charge in [0.25, 0.3) is 0 Å². The fourth-order valence-electron chi connectivity index (χ4n) is 0.591. The zero-order valence-corrected chi connectivity index (χ0v) is 6.05. The van der Waals surface area contributed by atoms with Crippen LogP contribution in [0.5, 0.6) is 0 Å². The minimum atomic E-state index is 0.146. The molecular weight excluding hydrogens is 112 g/mol. The van der Waals surface area contributed by atoms with Gasteiger partial charge < -0.3 is 4.57 Å².